The van der Waals surface area contributed by atoms with E-state index in [1.54, 1.807) is 32.6 Å². The molecule has 26 heavy (non-hydrogen) atoms. The standard InChI is InChI=1S/C18H26N4O2S.HI/c1-5-15-12-21-17(25-15)8-9-20-18(19-2)22-11-13-6-7-14(23-3)10-16(13)24-4;/h6-7,10,12H,5,8-9,11H2,1-4H3,(H2,19,20,22);1H. The van der Waals surface area contributed by atoms with Crippen molar-refractivity contribution < 1.29 is 9.47 Å². The number of aryl methyl sites for hydroxylation is 1. The number of nitrogens with zero attached hydrogens (tertiary/aromatic N) is 2. The first-order chi connectivity index (χ1) is 12.2. The van der Waals surface area contributed by atoms with Crippen molar-refractivity contribution in [2.45, 2.75) is 26.3 Å². The molecule has 0 aliphatic rings. The van der Waals surface area contributed by atoms with E-state index in [1.807, 2.05) is 24.4 Å². The highest BCUT2D eigenvalue weighted by Gasteiger charge is 2.07. The topological polar surface area (TPSA) is 67.8 Å². The SMILES string of the molecule is CCc1cnc(CCNC(=NC)NCc2ccc(OC)cc2OC)s1.I. The van der Waals surface area contributed by atoms with Crippen molar-refractivity contribution in [3.63, 3.8) is 0 Å². The van der Waals surface area contributed by atoms with Crippen LogP contribution in [0.4, 0.5) is 0 Å². The molecule has 0 spiro atoms. The number of ether oxygens (including phenoxy) is 2. The minimum Gasteiger partial charge on any atom is -0.497 e. The lowest BCUT2D eigenvalue weighted by atomic mass is 10.2. The van der Waals surface area contributed by atoms with Gasteiger partial charge in [0.25, 0.3) is 0 Å². The Kier molecular flexibility index (Phi) is 10.3. The molecular formula is C18H27IN4O2S. The van der Waals surface area contributed by atoms with Gasteiger partial charge in [-0.3, -0.25) is 4.99 Å². The van der Waals surface area contributed by atoms with E-state index in [-0.39, 0.29) is 24.0 Å². The first-order valence-electron chi connectivity index (χ1n) is 8.29. The number of hydrogen-bond donors (Lipinski definition) is 2. The Morgan fingerprint density at radius 3 is 2.65 bits per heavy atom. The van der Waals surface area contributed by atoms with Gasteiger partial charge in [-0.15, -0.1) is 35.3 Å². The average molecular weight is 490 g/mol. The Morgan fingerprint density at radius 1 is 1.23 bits per heavy atom. The van der Waals surface area contributed by atoms with Gasteiger partial charge in [-0.25, -0.2) is 4.98 Å². The van der Waals surface area contributed by atoms with Crippen molar-refractivity contribution >= 4 is 41.3 Å². The van der Waals surface area contributed by atoms with E-state index >= 15 is 0 Å². The number of aromatic nitrogens is 1. The molecule has 0 aliphatic heterocycles. The molecule has 0 fully saturated rings. The zero-order valence-electron chi connectivity index (χ0n) is 15.7. The predicted molar refractivity (Wildman–Crippen MR) is 118 cm³/mol. The third kappa shape index (κ3) is 6.64. The predicted octanol–water partition coefficient (Wildman–Crippen LogP) is 3.25. The molecule has 6 nitrogen and oxygen atoms in total. The molecule has 1 heterocycles. The van der Waals surface area contributed by atoms with Crippen LogP contribution >= 0.6 is 35.3 Å². The van der Waals surface area contributed by atoms with E-state index in [4.69, 9.17) is 9.47 Å². The average Bonchev–Trinajstić information content (AvgIpc) is 3.12. The van der Waals surface area contributed by atoms with Gasteiger partial charge in [0.2, 0.25) is 0 Å². The fourth-order valence-electron chi connectivity index (χ4n) is 2.31. The highest BCUT2D eigenvalue weighted by Crippen LogP contribution is 2.24. The number of thiazole rings is 1. The summed E-state index contributed by atoms with van der Waals surface area (Å²) in [5, 5.41) is 7.77. The van der Waals surface area contributed by atoms with Gasteiger partial charge < -0.3 is 20.1 Å². The number of rotatable bonds is 8. The molecule has 2 rings (SSSR count). The molecule has 1 aromatic carbocycles. The Hall–Kier alpha value is -1.55. The van der Waals surface area contributed by atoms with E-state index in [1.165, 1.54) is 4.88 Å². The van der Waals surface area contributed by atoms with E-state index in [2.05, 4.69) is 27.5 Å². The van der Waals surface area contributed by atoms with Crippen LogP contribution in [-0.4, -0.2) is 38.8 Å². The monoisotopic (exact) mass is 490 g/mol. The van der Waals surface area contributed by atoms with Gasteiger partial charge in [-0.1, -0.05) is 6.92 Å². The quantitative estimate of drug-likeness (QED) is 0.338. The molecule has 0 bridgehead atoms. The molecule has 8 heteroatoms. The highest BCUT2D eigenvalue weighted by atomic mass is 127. The Labute approximate surface area is 176 Å². The van der Waals surface area contributed by atoms with Crippen LogP contribution in [0.15, 0.2) is 29.4 Å². The van der Waals surface area contributed by atoms with Crippen molar-refractivity contribution in [3.8, 4) is 11.5 Å². The molecular weight excluding hydrogens is 463 g/mol. The van der Waals surface area contributed by atoms with Crippen LogP contribution < -0.4 is 20.1 Å². The Balaban J connectivity index is 0.00000338. The van der Waals surface area contributed by atoms with Crippen molar-refractivity contribution in [1.82, 2.24) is 15.6 Å². The number of guanidine groups is 1. The lowest BCUT2D eigenvalue weighted by Crippen LogP contribution is -2.37. The van der Waals surface area contributed by atoms with Crippen LogP contribution in [-0.2, 0) is 19.4 Å². The molecule has 0 saturated carbocycles. The van der Waals surface area contributed by atoms with Crippen molar-refractivity contribution in [3.05, 3.63) is 39.8 Å². The number of aliphatic imine (C=N–C) groups is 1. The second-order valence-corrected chi connectivity index (χ2v) is 6.55. The molecule has 0 saturated heterocycles. The molecule has 0 aliphatic carbocycles. The first kappa shape index (κ1) is 22.5. The van der Waals surface area contributed by atoms with Crippen LogP contribution in [0.25, 0.3) is 0 Å². The van der Waals surface area contributed by atoms with Gasteiger partial charge >= 0.3 is 0 Å². The van der Waals surface area contributed by atoms with Gasteiger partial charge in [0.05, 0.1) is 19.2 Å². The second kappa shape index (κ2) is 11.9. The lowest BCUT2D eigenvalue weighted by Gasteiger charge is -2.14. The summed E-state index contributed by atoms with van der Waals surface area (Å²) >= 11 is 1.77. The zero-order valence-corrected chi connectivity index (χ0v) is 18.8. The van der Waals surface area contributed by atoms with Crippen LogP contribution in [0, 0.1) is 0 Å². The number of hydrogen-bond acceptors (Lipinski definition) is 5. The maximum absolute atomic E-state index is 5.42. The van der Waals surface area contributed by atoms with Crippen LogP contribution in [0.3, 0.4) is 0 Å². The van der Waals surface area contributed by atoms with E-state index in [0.29, 0.717) is 6.54 Å². The molecule has 0 amide bonds. The smallest absolute Gasteiger partial charge is 0.191 e. The Morgan fingerprint density at radius 2 is 2.04 bits per heavy atom. The van der Waals surface area contributed by atoms with Gasteiger partial charge in [-0.05, 0) is 18.6 Å². The summed E-state index contributed by atoms with van der Waals surface area (Å²) in [5.41, 5.74) is 1.04. The third-order valence-corrected chi connectivity index (χ3v) is 4.95. The molecule has 2 aromatic rings. The van der Waals surface area contributed by atoms with E-state index in [9.17, 15) is 0 Å². The highest BCUT2D eigenvalue weighted by molar-refractivity contribution is 14.0. The van der Waals surface area contributed by atoms with Gasteiger partial charge in [0, 0.05) is 49.3 Å². The zero-order chi connectivity index (χ0) is 18.1. The van der Waals surface area contributed by atoms with Crippen molar-refractivity contribution in [1.29, 1.82) is 0 Å². The molecule has 2 N–H and O–H groups in total. The summed E-state index contributed by atoms with van der Waals surface area (Å²) in [5.74, 6) is 2.32. The van der Waals surface area contributed by atoms with Crippen LogP contribution in [0.5, 0.6) is 11.5 Å². The van der Waals surface area contributed by atoms with Gasteiger partial charge in [-0.2, -0.15) is 0 Å². The summed E-state index contributed by atoms with van der Waals surface area (Å²) in [6.07, 6.45) is 3.89. The van der Waals surface area contributed by atoms with E-state index < -0.39 is 0 Å². The van der Waals surface area contributed by atoms with Crippen molar-refractivity contribution in [2.75, 3.05) is 27.8 Å². The largest absolute Gasteiger partial charge is 0.497 e. The van der Waals surface area contributed by atoms with Gasteiger partial charge in [0.1, 0.15) is 11.5 Å². The summed E-state index contributed by atoms with van der Waals surface area (Å²) in [6.45, 7) is 3.55. The maximum atomic E-state index is 5.42. The summed E-state index contributed by atoms with van der Waals surface area (Å²) in [7, 11) is 5.06. The molecule has 0 unspecified atom stereocenters. The Bertz CT molecular complexity index is 706. The number of nitrogens with one attached hydrogen (secondary N) is 2. The minimum absolute atomic E-state index is 0. The number of benzene rings is 1. The van der Waals surface area contributed by atoms with Crippen LogP contribution in [0.2, 0.25) is 0 Å². The lowest BCUT2D eigenvalue weighted by molar-refractivity contribution is 0.390. The van der Waals surface area contributed by atoms with Crippen LogP contribution in [0.1, 0.15) is 22.4 Å². The molecule has 0 atom stereocenters. The molecule has 144 valence electrons. The van der Waals surface area contributed by atoms with Crippen molar-refractivity contribution in [2.24, 2.45) is 4.99 Å². The summed E-state index contributed by atoms with van der Waals surface area (Å²) < 4.78 is 10.6. The maximum Gasteiger partial charge on any atom is 0.191 e. The molecule has 1 aromatic heterocycles. The normalized spacial score (nSPS) is 10.8. The number of halogens is 1. The summed E-state index contributed by atoms with van der Waals surface area (Å²) in [4.78, 5) is 10.0. The summed E-state index contributed by atoms with van der Waals surface area (Å²) in [6, 6.07) is 5.78. The third-order valence-electron chi connectivity index (χ3n) is 3.75. The molecule has 0 radical (unpaired) electrons. The minimum atomic E-state index is 0. The number of methoxy groups -OCH3 is 2. The fraction of sp³-hybridized carbons (Fsp3) is 0.444. The second-order valence-electron chi connectivity index (χ2n) is 5.35. The van der Waals surface area contributed by atoms with E-state index in [0.717, 1.165) is 47.4 Å². The fourth-order valence-corrected chi connectivity index (χ4v) is 3.17. The van der Waals surface area contributed by atoms with Gasteiger partial charge in [0.15, 0.2) is 5.96 Å². The first-order valence-corrected chi connectivity index (χ1v) is 9.10.